The van der Waals surface area contributed by atoms with Crippen molar-refractivity contribution in [1.82, 2.24) is 4.90 Å². The predicted molar refractivity (Wildman–Crippen MR) is 139 cm³/mol. The maximum atomic E-state index is 13.3. The number of allylic oxidation sites excluding steroid dienone is 1. The molecule has 5 nitrogen and oxygen atoms in total. The maximum Gasteiger partial charge on any atom is 0.150 e. The summed E-state index contributed by atoms with van der Waals surface area (Å²) >= 11 is 0. The molecule has 2 heterocycles. The lowest BCUT2D eigenvalue weighted by Crippen LogP contribution is -2.41. The lowest BCUT2D eigenvalue weighted by Gasteiger charge is -2.31. The molecule has 5 rings (SSSR count). The zero-order valence-corrected chi connectivity index (χ0v) is 20.7. The SMILES string of the molecule is CC1=C(c2cccc(O)c2)C(c2ccc(OCC(C)N3CCCC3CF)cc2)Oc2ccc(O)cc21. The first kappa shape index (κ1) is 24.2. The quantitative estimate of drug-likeness (QED) is 0.404. The molecule has 3 aromatic rings. The third kappa shape index (κ3) is 4.78. The molecular formula is C30H32FNO4. The third-order valence-electron chi connectivity index (χ3n) is 7.28. The fraction of sp³-hybridized carbons (Fsp3) is 0.333. The van der Waals surface area contributed by atoms with Crippen molar-refractivity contribution in [2.24, 2.45) is 0 Å². The maximum absolute atomic E-state index is 13.3. The number of hydrogen-bond donors (Lipinski definition) is 2. The van der Waals surface area contributed by atoms with Crippen molar-refractivity contribution >= 4 is 11.1 Å². The zero-order valence-electron chi connectivity index (χ0n) is 20.7. The smallest absolute Gasteiger partial charge is 0.150 e. The number of fused-ring (bicyclic) bond motifs is 1. The number of rotatable bonds is 7. The van der Waals surface area contributed by atoms with Gasteiger partial charge in [-0.1, -0.05) is 24.3 Å². The van der Waals surface area contributed by atoms with Crippen LogP contribution in [0, 0.1) is 0 Å². The van der Waals surface area contributed by atoms with Crippen LogP contribution in [0.1, 0.15) is 49.5 Å². The Morgan fingerprint density at radius 2 is 1.83 bits per heavy atom. The van der Waals surface area contributed by atoms with E-state index < -0.39 is 6.10 Å². The number of benzene rings is 3. The van der Waals surface area contributed by atoms with Gasteiger partial charge in [0.2, 0.25) is 0 Å². The predicted octanol–water partition coefficient (Wildman–Crippen LogP) is 6.36. The van der Waals surface area contributed by atoms with Gasteiger partial charge in [-0.05, 0) is 92.4 Å². The second-order valence-electron chi connectivity index (χ2n) is 9.68. The van der Waals surface area contributed by atoms with Gasteiger partial charge in [0.25, 0.3) is 0 Å². The van der Waals surface area contributed by atoms with Crippen molar-refractivity contribution in [3.05, 3.63) is 83.4 Å². The van der Waals surface area contributed by atoms with E-state index in [0.29, 0.717) is 12.4 Å². The van der Waals surface area contributed by atoms with E-state index in [-0.39, 0.29) is 30.3 Å². The molecule has 0 saturated carbocycles. The Bertz CT molecular complexity index is 1260. The Balaban J connectivity index is 1.40. The summed E-state index contributed by atoms with van der Waals surface area (Å²) in [6, 6.07) is 20.2. The van der Waals surface area contributed by atoms with Crippen LogP contribution in [0.3, 0.4) is 0 Å². The normalized spacial score (nSPS) is 20.6. The van der Waals surface area contributed by atoms with Gasteiger partial charge < -0.3 is 19.7 Å². The zero-order chi connectivity index (χ0) is 25.2. The number of ether oxygens (including phenoxy) is 2. The number of hydrogen-bond acceptors (Lipinski definition) is 5. The van der Waals surface area contributed by atoms with Crippen molar-refractivity contribution in [3.8, 4) is 23.0 Å². The van der Waals surface area contributed by atoms with Crippen LogP contribution in [-0.4, -0.2) is 47.0 Å². The largest absolute Gasteiger partial charge is 0.508 e. The molecule has 188 valence electrons. The number of phenolic OH excluding ortho intramolecular Hbond substituents is 2. The molecule has 3 aromatic carbocycles. The van der Waals surface area contributed by atoms with Crippen molar-refractivity contribution < 1.29 is 24.1 Å². The molecule has 6 heteroatoms. The first-order chi connectivity index (χ1) is 17.4. The summed E-state index contributed by atoms with van der Waals surface area (Å²) in [5, 5.41) is 20.2. The molecule has 36 heavy (non-hydrogen) atoms. The minimum absolute atomic E-state index is 0.00471. The molecule has 0 aliphatic carbocycles. The highest BCUT2D eigenvalue weighted by Gasteiger charge is 2.30. The number of aromatic hydroxyl groups is 2. The van der Waals surface area contributed by atoms with Gasteiger partial charge in [0.1, 0.15) is 42.4 Å². The number of likely N-dealkylation sites (tertiary alicyclic amines) is 1. The first-order valence-corrected chi connectivity index (χ1v) is 12.5. The Morgan fingerprint density at radius 1 is 1.06 bits per heavy atom. The number of alkyl halides is 1. The first-order valence-electron chi connectivity index (χ1n) is 12.5. The molecule has 1 fully saturated rings. The van der Waals surface area contributed by atoms with Crippen LogP contribution >= 0.6 is 0 Å². The standard InChI is InChI=1S/C30H32FNO4/c1-19(32-14-4-6-23(32)17-31)18-35-26-11-8-21(9-12-26)30-29(22-5-3-7-24(33)15-22)20(2)27-16-25(34)10-13-28(27)36-30/h3,5,7-13,15-16,19,23,30,33-34H,4,6,14,17-18H2,1-2H3. The van der Waals surface area contributed by atoms with Crippen LogP contribution < -0.4 is 9.47 Å². The topological polar surface area (TPSA) is 62.2 Å². The lowest BCUT2D eigenvalue weighted by molar-refractivity contribution is 0.120. The minimum atomic E-state index is -0.397. The molecule has 2 aliphatic rings. The Labute approximate surface area is 211 Å². The highest BCUT2D eigenvalue weighted by molar-refractivity contribution is 5.95. The highest BCUT2D eigenvalue weighted by atomic mass is 19.1. The summed E-state index contributed by atoms with van der Waals surface area (Å²) in [5.41, 5.74) is 4.53. The molecule has 3 atom stereocenters. The molecule has 0 radical (unpaired) electrons. The molecule has 3 unspecified atom stereocenters. The minimum Gasteiger partial charge on any atom is -0.508 e. The van der Waals surface area contributed by atoms with Crippen LogP contribution in [-0.2, 0) is 0 Å². The molecule has 0 spiro atoms. The van der Waals surface area contributed by atoms with Crippen LogP contribution in [0.25, 0.3) is 11.1 Å². The van der Waals surface area contributed by atoms with Crippen molar-refractivity contribution in [3.63, 3.8) is 0 Å². The molecule has 0 amide bonds. The monoisotopic (exact) mass is 489 g/mol. The van der Waals surface area contributed by atoms with Crippen LogP contribution in [0.2, 0.25) is 0 Å². The average Bonchev–Trinajstić information content (AvgIpc) is 3.37. The van der Waals surface area contributed by atoms with Crippen molar-refractivity contribution in [2.45, 2.75) is 44.9 Å². The van der Waals surface area contributed by atoms with Gasteiger partial charge in [0, 0.05) is 23.2 Å². The molecule has 2 aliphatic heterocycles. The van der Waals surface area contributed by atoms with Gasteiger partial charge in [-0.2, -0.15) is 0 Å². The Kier molecular flexibility index (Phi) is 6.88. The summed E-state index contributed by atoms with van der Waals surface area (Å²) in [4.78, 5) is 2.20. The molecule has 0 bridgehead atoms. The third-order valence-corrected chi connectivity index (χ3v) is 7.28. The number of nitrogens with zero attached hydrogens (tertiary/aromatic N) is 1. The van der Waals surface area contributed by atoms with E-state index in [9.17, 15) is 14.6 Å². The fourth-order valence-corrected chi connectivity index (χ4v) is 5.37. The molecular weight excluding hydrogens is 457 g/mol. The Morgan fingerprint density at radius 3 is 2.58 bits per heavy atom. The second-order valence-corrected chi connectivity index (χ2v) is 9.68. The summed E-state index contributed by atoms with van der Waals surface area (Å²) < 4.78 is 25.8. The van der Waals surface area contributed by atoms with E-state index >= 15 is 0 Å². The van der Waals surface area contributed by atoms with Gasteiger partial charge in [0.05, 0.1) is 0 Å². The lowest BCUT2D eigenvalue weighted by atomic mass is 9.86. The van der Waals surface area contributed by atoms with Crippen LogP contribution in [0.4, 0.5) is 4.39 Å². The van der Waals surface area contributed by atoms with E-state index in [0.717, 1.165) is 53.0 Å². The summed E-state index contributed by atoms with van der Waals surface area (Å²) in [7, 11) is 0. The van der Waals surface area contributed by atoms with Crippen molar-refractivity contribution in [2.75, 3.05) is 19.8 Å². The van der Waals surface area contributed by atoms with Crippen molar-refractivity contribution in [1.29, 1.82) is 0 Å². The number of phenols is 2. The summed E-state index contributed by atoms with van der Waals surface area (Å²) in [6.07, 6.45) is 1.55. The summed E-state index contributed by atoms with van der Waals surface area (Å²) in [6.45, 7) is 5.20. The van der Waals surface area contributed by atoms with Gasteiger partial charge in [-0.25, -0.2) is 4.39 Å². The van der Waals surface area contributed by atoms with Crippen LogP contribution in [0.15, 0.2) is 66.7 Å². The van der Waals surface area contributed by atoms with Gasteiger partial charge in [0.15, 0.2) is 0 Å². The van der Waals surface area contributed by atoms with E-state index in [1.54, 1.807) is 30.3 Å². The van der Waals surface area contributed by atoms with E-state index in [1.807, 2.05) is 43.3 Å². The fourth-order valence-electron chi connectivity index (χ4n) is 5.37. The number of halogens is 1. The van der Waals surface area contributed by atoms with Crippen LogP contribution in [0.5, 0.6) is 23.0 Å². The van der Waals surface area contributed by atoms with Gasteiger partial charge in [-0.3, -0.25) is 4.90 Å². The van der Waals surface area contributed by atoms with Gasteiger partial charge >= 0.3 is 0 Å². The molecule has 1 saturated heterocycles. The highest BCUT2D eigenvalue weighted by Crippen LogP contribution is 2.47. The second kappa shape index (κ2) is 10.2. The summed E-state index contributed by atoms with van der Waals surface area (Å²) in [5.74, 6) is 1.80. The Hall–Kier alpha value is -3.51. The van der Waals surface area contributed by atoms with Gasteiger partial charge in [-0.15, -0.1) is 0 Å². The molecule has 2 N–H and O–H groups in total. The van der Waals surface area contributed by atoms with E-state index in [2.05, 4.69) is 11.8 Å². The average molecular weight is 490 g/mol. The van der Waals surface area contributed by atoms with E-state index in [4.69, 9.17) is 9.47 Å². The molecule has 0 aromatic heterocycles. The van der Waals surface area contributed by atoms with E-state index in [1.165, 1.54) is 0 Å².